The second-order valence-electron chi connectivity index (χ2n) is 7.03. The van der Waals surface area contributed by atoms with Gasteiger partial charge >= 0.3 is 0 Å². The number of rotatable bonds is 6. The van der Waals surface area contributed by atoms with E-state index in [2.05, 4.69) is 51.3 Å². The molecule has 0 bridgehead atoms. The Morgan fingerprint density at radius 3 is 2.42 bits per heavy atom. The number of furan rings is 1. The van der Waals surface area contributed by atoms with Crippen molar-refractivity contribution in [3.8, 4) is 0 Å². The number of carbonyl (C=O) groups is 1. The van der Waals surface area contributed by atoms with Crippen LogP contribution in [0, 0.1) is 0 Å². The molecule has 2 heterocycles. The molecule has 0 radical (unpaired) electrons. The van der Waals surface area contributed by atoms with Gasteiger partial charge in [0, 0.05) is 52.5 Å². The predicted octanol–water partition coefficient (Wildman–Crippen LogP) is 2.06. The molecule has 0 saturated carbocycles. The Hall–Kier alpha value is -2.31. The van der Waals surface area contributed by atoms with Crippen LogP contribution in [0.2, 0.25) is 0 Å². The zero-order valence-corrected chi connectivity index (χ0v) is 15.8. The van der Waals surface area contributed by atoms with Crippen LogP contribution in [0.25, 0.3) is 0 Å². The van der Waals surface area contributed by atoms with Gasteiger partial charge in [-0.2, -0.15) is 0 Å². The van der Waals surface area contributed by atoms with Crippen LogP contribution in [-0.2, 0) is 0 Å². The number of piperazine rings is 1. The minimum absolute atomic E-state index is 0.152. The second kappa shape index (κ2) is 8.38. The van der Waals surface area contributed by atoms with Crippen molar-refractivity contribution in [2.75, 3.05) is 58.8 Å². The number of hydrogen-bond acceptors (Lipinski definition) is 5. The van der Waals surface area contributed by atoms with Crippen LogP contribution >= 0.6 is 0 Å². The molecule has 0 unspecified atom stereocenters. The van der Waals surface area contributed by atoms with Gasteiger partial charge in [0.05, 0.1) is 12.3 Å². The van der Waals surface area contributed by atoms with E-state index >= 15 is 0 Å². The Morgan fingerprint density at radius 1 is 1.15 bits per heavy atom. The van der Waals surface area contributed by atoms with Crippen molar-refractivity contribution in [1.29, 1.82) is 0 Å². The Labute approximate surface area is 155 Å². The summed E-state index contributed by atoms with van der Waals surface area (Å²) in [4.78, 5) is 19.2. The van der Waals surface area contributed by atoms with Gasteiger partial charge in [-0.1, -0.05) is 12.1 Å². The number of carbonyl (C=O) groups excluding carboxylic acids is 1. The highest BCUT2D eigenvalue weighted by atomic mass is 16.3. The number of amides is 1. The van der Waals surface area contributed by atoms with Crippen molar-refractivity contribution < 1.29 is 9.21 Å². The Kier molecular flexibility index (Phi) is 5.96. The molecule has 3 rings (SSSR count). The standard InChI is InChI=1S/C20H28N4O2/c1-22(2)17-8-6-16(7-9-17)18(24-12-10-23(3)11-13-24)15-21-20(25)19-5-4-14-26-19/h4-9,14,18H,10-13,15H2,1-3H3,(H,21,25)/t18-/m0/s1. The first-order valence-corrected chi connectivity index (χ1v) is 9.06. The van der Waals surface area contributed by atoms with E-state index in [0.717, 1.165) is 26.2 Å². The van der Waals surface area contributed by atoms with Gasteiger partial charge in [-0.15, -0.1) is 0 Å². The molecule has 6 nitrogen and oxygen atoms in total. The van der Waals surface area contributed by atoms with Crippen LogP contribution in [-0.4, -0.2) is 69.6 Å². The van der Waals surface area contributed by atoms with E-state index in [1.165, 1.54) is 17.5 Å². The molecule has 1 aliphatic heterocycles. The fraction of sp³-hybridized carbons (Fsp3) is 0.450. The lowest BCUT2D eigenvalue weighted by Gasteiger charge is -2.38. The zero-order valence-electron chi connectivity index (χ0n) is 15.8. The zero-order chi connectivity index (χ0) is 18.5. The minimum Gasteiger partial charge on any atom is -0.459 e. The molecule has 2 aromatic rings. The first-order chi connectivity index (χ1) is 12.5. The van der Waals surface area contributed by atoms with Crippen molar-refractivity contribution in [2.24, 2.45) is 0 Å². The van der Waals surface area contributed by atoms with Crippen molar-refractivity contribution in [2.45, 2.75) is 6.04 Å². The molecule has 1 N–H and O–H groups in total. The summed E-state index contributed by atoms with van der Waals surface area (Å²) in [6.45, 7) is 4.63. The monoisotopic (exact) mass is 356 g/mol. The topological polar surface area (TPSA) is 52.0 Å². The van der Waals surface area contributed by atoms with E-state index in [4.69, 9.17) is 4.42 Å². The highest BCUT2D eigenvalue weighted by Crippen LogP contribution is 2.24. The number of nitrogens with zero attached hydrogens (tertiary/aromatic N) is 3. The molecule has 1 amide bonds. The van der Waals surface area contributed by atoms with Gasteiger partial charge in [0.15, 0.2) is 5.76 Å². The molecule has 0 aliphatic carbocycles. The van der Waals surface area contributed by atoms with Crippen molar-refractivity contribution in [1.82, 2.24) is 15.1 Å². The number of benzene rings is 1. The average Bonchev–Trinajstić information content (AvgIpc) is 3.18. The average molecular weight is 356 g/mol. The van der Waals surface area contributed by atoms with Gasteiger partial charge in [-0.3, -0.25) is 9.69 Å². The van der Waals surface area contributed by atoms with E-state index in [0.29, 0.717) is 12.3 Å². The lowest BCUT2D eigenvalue weighted by atomic mass is 10.0. The Balaban J connectivity index is 1.73. The largest absolute Gasteiger partial charge is 0.459 e. The quantitative estimate of drug-likeness (QED) is 0.859. The molecule has 1 saturated heterocycles. The second-order valence-corrected chi connectivity index (χ2v) is 7.03. The molecular weight excluding hydrogens is 328 g/mol. The first-order valence-electron chi connectivity index (χ1n) is 9.06. The summed E-state index contributed by atoms with van der Waals surface area (Å²) in [5.74, 6) is 0.184. The molecule has 140 valence electrons. The summed E-state index contributed by atoms with van der Waals surface area (Å²) in [5.41, 5.74) is 2.39. The van der Waals surface area contributed by atoms with E-state index in [1.807, 2.05) is 14.1 Å². The molecule has 0 spiro atoms. The highest BCUT2D eigenvalue weighted by Gasteiger charge is 2.25. The van der Waals surface area contributed by atoms with Crippen molar-refractivity contribution >= 4 is 11.6 Å². The van der Waals surface area contributed by atoms with Crippen LogP contribution in [0.1, 0.15) is 22.2 Å². The smallest absolute Gasteiger partial charge is 0.287 e. The van der Waals surface area contributed by atoms with E-state index in [-0.39, 0.29) is 11.9 Å². The van der Waals surface area contributed by atoms with Gasteiger partial charge in [-0.05, 0) is 36.9 Å². The van der Waals surface area contributed by atoms with Crippen LogP contribution in [0.5, 0.6) is 0 Å². The summed E-state index contributed by atoms with van der Waals surface area (Å²) in [7, 11) is 6.23. The predicted molar refractivity (Wildman–Crippen MR) is 104 cm³/mol. The molecule has 1 fully saturated rings. The minimum atomic E-state index is -0.168. The van der Waals surface area contributed by atoms with Gasteiger partial charge < -0.3 is 19.5 Å². The SMILES string of the molecule is CN1CCN([C@@H](CNC(=O)c2ccco2)c2ccc(N(C)C)cc2)CC1. The van der Waals surface area contributed by atoms with E-state index in [9.17, 15) is 4.79 Å². The lowest BCUT2D eigenvalue weighted by Crippen LogP contribution is -2.48. The summed E-state index contributed by atoms with van der Waals surface area (Å²) in [6, 6.07) is 12.2. The highest BCUT2D eigenvalue weighted by molar-refractivity contribution is 5.91. The molecule has 6 heteroatoms. The molecule has 26 heavy (non-hydrogen) atoms. The normalized spacial score (nSPS) is 17.0. The van der Waals surface area contributed by atoms with Crippen LogP contribution in [0.4, 0.5) is 5.69 Å². The summed E-state index contributed by atoms with van der Waals surface area (Å²) < 4.78 is 5.20. The number of hydrogen-bond donors (Lipinski definition) is 1. The molecule has 1 aromatic heterocycles. The van der Waals surface area contributed by atoms with Gasteiger partial charge in [0.1, 0.15) is 0 Å². The van der Waals surface area contributed by atoms with Gasteiger partial charge in [0.25, 0.3) is 5.91 Å². The number of nitrogens with one attached hydrogen (secondary N) is 1. The maximum Gasteiger partial charge on any atom is 0.287 e. The number of anilines is 1. The molecule has 1 aliphatic rings. The maximum atomic E-state index is 12.3. The maximum absolute atomic E-state index is 12.3. The van der Waals surface area contributed by atoms with Crippen molar-refractivity contribution in [3.05, 3.63) is 54.0 Å². The lowest BCUT2D eigenvalue weighted by molar-refractivity contribution is 0.0863. The third-order valence-electron chi connectivity index (χ3n) is 4.97. The third kappa shape index (κ3) is 4.45. The number of likely N-dealkylation sites (N-methyl/N-ethyl adjacent to an activating group) is 1. The summed E-state index contributed by atoms with van der Waals surface area (Å²) in [5, 5.41) is 3.03. The van der Waals surface area contributed by atoms with Crippen LogP contribution in [0.15, 0.2) is 47.1 Å². The summed E-state index contributed by atoms with van der Waals surface area (Å²) >= 11 is 0. The summed E-state index contributed by atoms with van der Waals surface area (Å²) in [6.07, 6.45) is 1.52. The van der Waals surface area contributed by atoms with Gasteiger partial charge in [-0.25, -0.2) is 0 Å². The molecular formula is C20H28N4O2. The van der Waals surface area contributed by atoms with Gasteiger partial charge in [0.2, 0.25) is 0 Å². The Bertz CT molecular complexity index is 689. The molecule has 1 atom stereocenters. The Morgan fingerprint density at radius 2 is 1.85 bits per heavy atom. The molecule has 1 aromatic carbocycles. The fourth-order valence-corrected chi connectivity index (χ4v) is 3.27. The fourth-order valence-electron chi connectivity index (χ4n) is 3.27. The van der Waals surface area contributed by atoms with E-state index < -0.39 is 0 Å². The van der Waals surface area contributed by atoms with Crippen LogP contribution < -0.4 is 10.2 Å². The van der Waals surface area contributed by atoms with Crippen LogP contribution in [0.3, 0.4) is 0 Å². The first kappa shape index (κ1) is 18.5. The third-order valence-corrected chi connectivity index (χ3v) is 4.97. The van der Waals surface area contributed by atoms with Crippen molar-refractivity contribution in [3.63, 3.8) is 0 Å². The van der Waals surface area contributed by atoms with E-state index in [1.54, 1.807) is 12.1 Å².